The highest BCUT2D eigenvalue weighted by Crippen LogP contribution is 2.71. The minimum Gasteiger partial charge on any atom is -0.389 e. The van der Waals surface area contributed by atoms with Gasteiger partial charge in [0.1, 0.15) is 5.78 Å². The average molecular weight is 365 g/mol. The van der Waals surface area contributed by atoms with Crippen molar-refractivity contribution in [2.75, 3.05) is 14.2 Å². The summed E-state index contributed by atoms with van der Waals surface area (Å²) in [6, 6.07) is 0. The van der Waals surface area contributed by atoms with Crippen LogP contribution in [0.3, 0.4) is 0 Å². The molecule has 6 atom stereocenters. The van der Waals surface area contributed by atoms with Crippen LogP contribution in [0.4, 0.5) is 0 Å². The number of hydrogen-bond acceptors (Lipinski definition) is 4. The minimum atomic E-state index is -0.797. The first-order valence-corrected chi connectivity index (χ1v) is 10.5. The summed E-state index contributed by atoms with van der Waals surface area (Å²) in [6.07, 6.45) is 8.10. The highest BCUT2D eigenvalue weighted by molar-refractivity contribution is 5.88. The molecule has 0 radical (unpaired) electrons. The van der Waals surface area contributed by atoms with E-state index in [0.717, 1.165) is 44.9 Å². The van der Waals surface area contributed by atoms with Gasteiger partial charge in [0.15, 0.2) is 5.79 Å². The second-order valence-corrected chi connectivity index (χ2v) is 10.4. The lowest BCUT2D eigenvalue weighted by Crippen LogP contribution is -2.65. The lowest BCUT2D eigenvalue weighted by atomic mass is 9.39. The Hall–Kier alpha value is -0.450. The molecule has 0 aromatic carbocycles. The summed E-state index contributed by atoms with van der Waals surface area (Å²) >= 11 is 0. The summed E-state index contributed by atoms with van der Waals surface area (Å²) in [4.78, 5) is 12.6. The van der Waals surface area contributed by atoms with Crippen LogP contribution in [-0.4, -0.2) is 36.5 Å². The maximum atomic E-state index is 12.6. The number of carbonyl (C=O) groups excluding carboxylic acids is 1. The van der Waals surface area contributed by atoms with E-state index < -0.39 is 16.8 Å². The van der Waals surface area contributed by atoms with E-state index in [4.69, 9.17) is 9.47 Å². The Morgan fingerprint density at radius 1 is 0.923 bits per heavy atom. The maximum Gasteiger partial charge on any atom is 0.168 e. The Balaban J connectivity index is 1.70. The van der Waals surface area contributed by atoms with Crippen LogP contribution >= 0.6 is 0 Å². The van der Waals surface area contributed by atoms with Crippen molar-refractivity contribution in [2.24, 2.45) is 28.1 Å². The van der Waals surface area contributed by atoms with E-state index >= 15 is 0 Å². The molecule has 4 aliphatic rings. The third kappa shape index (κ3) is 2.04. The van der Waals surface area contributed by atoms with E-state index in [9.17, 15) is 9.90 Å². The molecule has 148 valence electrons. The van der Waals surface area contributed by atoms with Crippen LogP contribution in [0.1, 0.15) is 78.6 Å². The largest absolute Gasteiger partial charge is 0.389 e. The van der Waals surface area contributed by atoms with E-state index in [2.05, 4.69) is 13.8 Å². The highest BCUT2D eigenvalue weighted by atomic mass is 16.7. The zero-order valence-corrected chi connectivity index (χ0v) is 17.2. The number of fused-ring (bicyclic) bond motifs is 5. The third-order valence-corrected chi connectivity index (χ3v) is 9.99. The van der Waals surface area contributed by atoms with E-state index in [1.165, 1.54) is 0 Å². The van der Waals surface area contributed by atoms with Crippen LogP contribution in [0.25, 0.3) is 0 Å². The number of Topliss-reactive ketones (excluding diaryl/α,β-unsaturated/α-hetero) is 1. The number of methoxy groups -OCH3 is 2. The molecule has 4 saturated carbocycles. The van der Waals surface area contributed by atoms with Gasteiger partial charge in [0, 0.05) is 33.5 Å². The van der Waals surface area contributed by atoms with E-state index in [0.29, 0.717) is 24.5 Å². The van der Waals surface area contributed by atoms with Crippen LogP contribution in [0.2, 0.25) is 0 Å². The topological polar surface area (TPSA) is 55.8 Å². The number of carbonyl (C=O) groups is 1. The van der Waals surface area contributed by atoms with Crippen LogP contribution in [0, 0.1) is 28.1 Å². The fourth-order valence-corrected chi connectivity index (χ4v) is 7.78. The number of aliphatic hydroxyl groups is 1. The summed E-state index contributed by atoms with van der Waals surface area (Å²) in [7, 11) is 3.53. The molecular weight excluding hydrogens is 328 g/mol. The molecule has 4 aliphatic carbocycles. The second-order valence-electron chi connectivity index (χ2n) is 10.4. The molecule has 26 heavy (non-hydrogen) atoms. The summed E-state index contributed by atoms with van der Waals surface area (Å²) in [5.41, 5.74) is -1.01. The molecule has 1 N–H and O–H groups in total. The van der Waals surface area contributed by atoms with E-state index in [1.54, 1.807) is 14.2 Å². The van der Waals surface area contributed by atoms with Crippen LogP contribution in [0.15, 0.2) is 0 Å². The quantitative estimate of drug-likeness (QED) is 0.750. The van der Waals surface area contributed by atoms with Crippen molar-refractivity contribution in [3.05, 3.63) is 0 Å². The Labute approximate surface area is 158 Å². The molecule has 0 amide bonds. The molecule has 4 heteroatoms. The zero-order chi connectivity index (χ0) is 19.0. The van der Waals surface area contributed by atoms with Gasteiger partial charge in [0.25, 0.3) is 0 Å². The number of hydrogen-bond donors (Lipinski definition) is 1. The Bertz CT molecular complexity index is 613. The second kappa shape index (κ2) is 5.55. The van der Waals surface area contributed by atoms with Crippen molar-refractivity contribution in [1.82, 2.24) is 0 Å². The molecule has 4 nitrogen and oxygen atoms in total. The predicted molar refractivity (Wildman–Crippen MR) is 99.6 cm³/mol. The summed E-state index contributed by atoms with van der Waals surface area (Å²) in [5.74, 6) is 0.559. The SMILES string of the molecule is COC1(OC)CC[C@@]2(C)[C@H]3CC[C@@]4(C)C(=O)CC[C@@]4(O)[C@H]3CC[C@@]2(C)C1. The smallest absolute Gasteiger partial charge is 0.168 e. The van der Waals surface area contributed by atoms with Crippen LogP contribution in [-0.2, 0) is 14.3 Å². The van der Waals surface area contributed by atoms with Crippen molar-refractivity contribution in [3.8, 4) is 0 Å². The maximum absolute atomic E-state index is 12.6. The summed E-state index contributed by atoms with van der Waals surface area (Å²) < 4.78 is 11.7. The van der Waals surface area contributed by atoms with Crippen molar-refractivity contribution >= 4 is 5.78 Å². The molecule has 0 heterocycles. The van der Waals surface area contributed by atoms with Gasteiger partial charge in [-0.2, -0.15) is 0 Å². The molecule has 0 unspecified atom stereocenters. The van der Waals surface area contributed by atoms with E-state index in [1.807, 2.05) is 6.92 Å². The molecule has 0 spiro atoms. The van der Waals surface area contributed by atoms with Gasteiger partial charge < -0.3 is 14.6 Å². The monoisotopic (exact) mass is 364 g/mol. The highest BCUT2D eigenvalue weighted by Gasteiger charge is 2.70. The van der Waals surface area contributed by atoms with Gasteiger partial charge in [-0.3, -0.25) is 4.79 Å². The van der Waals surface area contributed by atoms with Crippen LogP contribution in [0.5, 0.6) is 0 Å². The third-order valence-electron chi connectivity index (χ3n) is 9.99. The first-order valence-electron chi connectivity index (χ1n) is 10.5. The number of ether oxygens (including phenoxy) is 2. The normalized spacial score (nSPS) is 52.9. The van der Waals surface area contributed by atoms with Gasteiger partial charge in [-0.05, 0) is 68.1 Å². The average Bonchev–Trinajstić information content (AvgIpc) is 2.86. The Morgan fingerprint density at radius 2 is 1.58 bits per heavy atom. The number of ketones is 1. The van der Waals surface area contributed by atoms with Gasteiger partial charge in [-0.15, -0.1) is 0 Å². The zero-order valence-electron chi connectivity index (χ0n) is 17.2. The minimum absolute atomic E-state index is 0.144. The fraction of sp³-hybridized carbons (Fsp3) is 0.955. The number of rotatable bonds is 2. The first kappa shape index (κ1) is 18.9. The first-order chi connectivity index (χ1) is 12.1. The molecule has 0 bridgehead atoms. The van der Waals surface area contributed by atoms with Crippen molar-refractivity contribution in [3.63, 3.8) is 0 Å². The Kier molecular flexibility index (Phi) is 4.03. The molecule has 0 aliphatic heterocycles. The van der Waals surface area contributed by atoms with Crippen LogP contribution < -0.4 is 0 Å². The van der Waals surface area contributed by atoms with Crippen molar-refractivity contribution in [2.45, 2.75) is 89.9 Å². The molecule has 4 rings (SSSR count). The van der Waals surface area contributed by atoms with Gasteiger partial charge >= 0.3 is 0 Å². The Morgan fingerprint density at radius 3 is 2.23 bits per heavy atom. The summed E-state index contributed by atoms with van der Waals surface area (Å²) in [5, 5.41) is 11.7. The van der Waals surface area contributed by atoms with Gasteiger partial charge in [0.05, 0.1) is 11.0 Å². The molecule has 4 fully saturated rings. The van der Waals surface area contributed by atoms with Crippen molar-refractivity contribution in [1.29, 1.82) is 0 Å². The predicted octanol–water partition coefficient (Wildman–Crippen LogP) is 4.09. The fourth-order valence-electron chi connectivity index (χ4n) is 7.78. The lowest BCUT2D eigenvalue weighted by molar-refractivity contribution is -0.291. The van der Waals surface area contributed by atoms with Gasteiger partial charge in [-0.1, -0.05) is 13.8 Å². The standard InChI is InChI=1S/C22H36O4/c1-18-9-6-16-15(7-10-20(3)17(23)8-11-22(16,20)24)19(18,2)12-13-21(14-18,25-4)26-5/h15-16,24H,6-14H2,1-5H3/t15-,16-,18-,19-,20-,22+/m0/s1. The molecule has 0 aromatic rings. The molecule has 0 saturated heterocycles. The van der Waals surface area contributed by atoms with E-state index in [-0.39, 0.29) is 16.7 Å². The molecular formula is C22H36O4. The van der Waals surface area contributed by atoms with Gasteiger partial charge in [0.2, 0.25) is 0 Å². The van der Waals surface area contributed by atoms with Crippen molar-refractivity contribution < 1.29 is 19.4 Å². The lowest BCUT2D eigenvalue weighted by Gasteiger charge is -2.67. The summed E-state index contributed by atoms with van der Waals surface area (Å²) in [6.45, 7) is 6.89. The molecule has 0 aromatic heterocycles. The van der Waals surface area contributed by atoms with Gasteiger partial charge in [-0.25, -0.2) is 0 Å².